The number of para-hydroxylation sites is 1. The van der Waals surface area contributed by atoms with Crippen LogP contribution in [0.4, 0.5) is 15.3 Å². The van der Waals surface area contributed by atoms with E-state index in [4.69, 9.17) is 9.47 Å². The topological polar surface area (TPSA) is 79.9 Å². The maximum atomic E-state index is 12.3. The molecule has 2 amide bonds. The second-order valence-corrected chi connectivity index (χ2v) is 10.3. The summed E-state index contributed by atoms with van der Waals surface area (Å²) in [7, 11) is 1.75. The van der Waals surface area contributed by atoms with Crippen LogP contribution in [0.5, 0.6) is 0 Å². The van der Waals surface area contributed by atoms with E-state index in [1.807, 2.05) is 65.8 Å². The first-order chi connectivity index (χ1) is 14.3. The van der Waals surface area contributed by atoms with Crippen molar-refractivity contribution in [2.75, 3.05) is 12.4 Å². The fourth-order valence-electron chi connectivity index (χ4n) is 3.54. The Morgan fingerprint density at radius 2 is 1.48 bits per heavy atom. The van der Waals surface area contributed by atoms with E-state index in [1.165, 1.54) is 0 Å². The second kappa shape index (κ2) is 10.2. The maximum Gasteiger partial charge on any atom is 0.410 e. The van der Waals surface area contributed by atoms with Gasteiger partial charge < -0.3 is 25.0 Å². The molecule has 0 aliphatic heterocycles. The SMILES string of the molecule is CN(Cc1ccccc1NC1CCC(NC(=O)OC(C)(C)C)CC1)C(=O)OC(C)(C)C. The van der Waals surface area contributed by atoms with Gasteiger partial charge in [0.15, 0.2) is 0 Å². The normalized spacial score (nSPS) is 19.3. The molecule has 174 valence electrons. The molecule has 0 atom stereocenters. The summed E-state index contributed by atoms with van der Waals surface area (Å²) in [5.74, 6) is 0. The van der Waals surface area contributed by atoms with Crippen LogP contribution in [0.1, 0.15) is 72.8 Å². The number of benzene rings is 1. The molecule has 7 nitrogen and oxygen atoms in total. The highest BCUT2D eigenvalue weighted by molar-refractivity contribution is 5.68. The zero-order chi connectivity index (χ0) is 23.2. The van der Waals surface area contributed by atoms with Gasteiger partial charge in [0.2, 0.25) is 0 Å². The minimum Gasteiger partial charge on any atom is -0.444 e. The van der Waals surface area contributed by atoms with Gasteiger partial charge in [0.1, 0.15) is 11.2 Å². The molecular formula is C24H39N3O4. The molecule has 31 heavy (non-hydrogen) atoms. The predicted molar refractivity (Wildman–Crippen MR) is 123 cm³/mol. The lowest BCUT2D eigenvalue weighted by Gasteiger charge is -2.32. The number of carbonyl (C=O) groups excluding carboxylic acids is 2. The van der Waals surface area contributed by atoms with Crippen LogP contribution >= 0.6 is 0 Å². The van der Waals surface area contributed by atoms with Crippen LogP contribution in [0.2, 0.25) is 0 Å². The number of hydrogen-bond donors (Lipinski definition) is 2. The highest BCUT2D eigenvalue weighted by Gasteiger charge is 2.25. The van der Waals surface area contributed by atoms with Gasteiger partial charge in [-0.05, 0) is 78.9 Å². The summed E-state index contributed by atoms with van der Waals surface area (Å²) in [5.41, 5.74) is 1.07. The number of ether oxygens (including phenoxy) is 2. The summed E-state index contributed by atoms with van der Waals surface area (Å²) in [5, 5.41) is 6.61. The van der Waals surface area contributed by atoms with Crippen molar-refractivity contribution in [2.24, 2.45) is 0 Å². The quantitative estimate of drug-likeness (QED) is 0.658. The van der Waals surface area contributed by atoms with E-state index in [0.717, 1.165) is 36.9 Å². The second-order valence-electron chi connectivity index (χ2n) is 10.3. The summed E-state index contributed by atoms with van der Waals surface area (Å²) in [6.07, 6.45) is 3.02. The molecule has 1 aliphatic rings. The zero-order valence-corrected chi connectivity index (χ0v) is 20.1. The summed E-state index contributed by atoms with van der Waals surface area (Å²) in [4.78, 5) is 25.9. The Labute approximate surface area is 186 Å². The minimum atomic E-state index is -0.519. The number of amides is 2. The average Bonchev–Trinajstić information content (AvgIpc) is 2.62. The first-order valence-corrected chi connectivity index (χ1v) is 11.1. The monoisotopic (exact) mass is 433 g/mol. The number of nitrogens with one attached hydrogen (secondary N) is 2. The Balaban J connectivity index is 1.88. The Morgan fingerprint density at radius 1 is 0.935 bits per heavy atom. The molecule has 0 bridgehead atoms. The summed E-state index contributed by atoms with van der Waals surface area (Å²) in [6, 6.07) is 8.51. The molecule has 2 N–H and O–H groups in total. The number of hydrogen-bond acceptors (Lipinski definition) is 5. The lowest BCUT2D eigenvalue weighted by Crippen LogP contribution is -2.42. The Hall–Kier alpha value is -2.44. The van der Waals surface area contributed by atoms with Gasteiger partial charge in [-0.1, -0.05) is 18.2 Å². The highest BCUT2D eigenvalue weighted by atomic mass is 16.6. The molecule has 2 rings (SSSR count). The van der Waals surface area contributed by atoms with Crippen LogP contribution in [0.15, 0.2) is 24.3 Å². The summed E-state index contributed by atoms with van der Waals surface area (Å²) < 4.78 is 10.8. The van der Waals surface area contributed by atoms with Crippen LogP contribution in [-0.4, -0.2) is 47.4 Å². The summed E-state index contributed by atoms with van der Waals surface area (Å²) >= 11 is 0. The van der Waals surface area contributed by atoms with E-state index >= 15 is 0 Å². The van der Waals surface area contributed by atoms with Crippen LogP contribution in [0.3, 0.4) is 0 Å². The lowest BCUT2D eigenvalue weighted by molar-refractivity contribution is 0.0285. The van der Waals surface area contributed by atoms with Gasteiger partial charge in [0, 0.05) is 24.8 Å². The van der Waals surface area contributed by atoms with Crippen LogP contribution in [0.25, 0.3) is 0 Å². The van der Waals surface area contributed by atoms with Gasteiger partial charge in [0.05, 0.1) is 6.54 Å². The molecule has 0 spiro atoms. The fraction of sp³-hybridized carbons (Fsp3) is 0.667. The molecule has 1 aromatic rings. The van der Waals surface area contributed by atoms with Gasteiger partial charge in [-0.25, -0.2) is 9.59 Å². The molecule has 0 aromatic heterocycles. The van der Waals surface area contributed by atoms with Crippen LogP contribution in [0, 0.1) is 0 Å². The Morgan fingerprint density at radius 3 is 2.06 bits per heavy atom. The molecule has 0 unspecified atom stereocenters. The average molecular weight is 434 g/mol. The van der Waals surface area contributed by atoms with Gasteiger partial charge in [0.25, 0.3) is 0 Å². The fourth-order valence-corrected chi connectivity index (χ4v) is 3.54. The highest BCUT2D eigenvalue weighted by Crippen LogP contribution is 2.25. The number of nitrogens with zero attached hydrogens (tertiary/aromatic N) is 1. The van der Waals surface area contributed by atoms with E-state index in [0.29, 0.717) is 12.6 Å². The Kier molecular flexibility index (Phi) is 8.21. The van der Waals surface area contributed by atoms with Crippen molar-refractivity contribution >= 4 is 17.9 Å². The van der Waals surface area contributed by atoms with Gasteiger partial charge in [-0.15, -0.1) is 0 Å². The summed E-state index contributed by atoms with van der Waals surface area (Å²) in [6.45, 7) is 11.7. The molecule has 0 heterocycles. The predicted octanol–water partition coefficient (Wildman–Crippen LogP) is 5.30. The van der Waals surface area contributed by atoms with E-state index in [2.05, 4.69) is 10.6 Å². The number of carbonyl (C=O) groups is 2. The molecule has 1 fully saturated rings. The third-order valence-corrected chi connectivity index (χ3v) is 4.94. The standard InChI is InChI=1S/C24H39N3O4/c1-23(2,3)30-21(28)26-19-14-12-18(13-15-19)25-20-11-9-8-10-17(20)16-27(7)22(29)31-24(4,5)6/h8-11,18-19,25H,12-16H2,1-7H3,(H,26,28). The zero-order valence-electron chi connectivity index (χ0n) is 20.1. The number of alkyl carbamates (subject to hydrolysis) is 1. The van der Waals surface area contributed by atoms with Crippen molar-refractivity contribution in [3.63, 3.8) is 0 Å². The van der Waals surface area contributed by atoms with E-state index in [-0.39, 0.29) is 18.2 Å². The largest absolute Gasteiger partial charge is 0.444 e. The van der Waals surface area contributed by atoms with E-state index in [1.54, 1.807) is 11.9 Å². The van der Waals surface area contributed by atoms with Crippen molar-refractivity contribution < 1.29 is 19.1 Å². The molecule has 7 heteroatoms. The molecule has 1 saturated carbocycles. The third kappa shape index (κ3) is 9.07. The van der Waals surface area contributed by atoms with Crippen LogP contribution < -0.4 is 10.6 Å². The van der Waals surface area contributed by atoms with Gasteiger partial charge in [-0.3, -0.25) is 0 Å². The smallest absolute Gasteiger partial charge is 0.410 e. The Bertz CT molecular complexity index is 744. The molecule has 0 radical (unpaired) electrons. The van der Waals surface area contributed by atoms with Crippen molar-refractivity contribution in [1.29, 1.82) is 0 Å². The van der Waals surface area contributed by atoms with Crippen LogP contribution in [-0.2, 0) is 16.0 Å². The molecule has 1 aliphatic carbocycles. The van der Waals surface area contributed by atoms with E-state index in [9.17, 15) is 9.59 Å². The maximum absolute atomic E-state index is 12.3. The number of anilines is 1. The first kappa shape index (κ1) is 24.8. The van der Waals surface area contributed by atoms with Gasteiger partial charge in [-0.2, -0.15) is 0 Å². The van der Waals surface area contributed by atoms with Crippen molar-refractivity contribution in [3.05, 3.63) is 29.8 Å². The molecule has 0 saturated heterocycles. The number of rotatable bonds is 5. The minimum absolute atomic E-state index is 0.140. The first-order valence-electron chi connectivity index (χ1n) is 11.1. The third-order valence-electron chi connectivity index (χ3n) is 4.94. The lowest BCUT2D eigenvalue weighted by atomic mass is 9.91. The van der Waals surface area contributed by atoms with Crippen molar-refractivity contribution in [1.82, 2.24) is 10.2 Å². The molecule has 1 aromatic carbocycles. The van der Waals surface area contributed by atoms with Gasteiger partial charge >= 0.3 is 12.2 Å². The van der Waals surface area contributed by atoms with E-state index < -0.39 is 11.2 Å². The molecular weight excluding hydrogens is 394 g/mol. The van der Waals surface area contributed by atoms with Crippen molar-refractivity contribution in [3.8, 4) is 0 Å². The van der Waals surface area contributed by atoms with Crippen molar-refractivity contribution in [2.45, 2.75) is 97.1 Å².